The van der Waals surface area contributed by atoms with Gasteiger partial charge in [-0.3, -0.25) is 0 Å². The van der Waals surface area contributed by atoms with Crippen molar-refractivity contribution in [1.82, 2.24) is 0 Å². The molecule has 1 rings (SSSR count). The second-order valence-electron chi connectivity index (χ2n) is 2.28. The van der Waals surface area contributed by atoms with Gasteiger partial charge in [0.2, 0.25) is 0 Å². The third-order valence-electron chi connectivity index (χ3n) is 1.48. The minimum absolute atomic E-state index is 0.553. The molecule has 0 saturated carbocycles. The molecule has 0 atom stereocenters. The quantitative estimate of drug-likeness (QED) is 0.691. The van der Waals surface area contributed by atoms with Crippen LogP contribution < -0.4 is 5.73 Å². The van der Waals surface area contributed by atoms with E-state index in [1.807, 2.05) is 0 Å². The van der Waals surface area contributed by atoms with E-state index in [2.05, 4.69) is 24.3 Å². The highest BCUT2D eigenvalue weighted by atomic mass is 32.1. The topological polar surface area (TPSA) is 26.0 Å². The van der Waals surface area contributed by atoms with Crippen LogP contribution in [0.4, 0.5) is 0 Å². The molecule has 0 spiro atoms. The van der Waals surface area contributed by atoms with Crippen LogP contribution in [0.25, 0.3) is 5.57 Å². The first-order chi connectivity index (χ1) is 4.75. The van der Waals surface area contributed by atoms with Crippen LogP contribution in [0.15, 0.2) is 17.3 Å². The fraction of sp³-hybridized carbons (Fsp3) is 0.250. The molecule has 2 heteroatoms. The predicted molar refractivity (Wildman–Crippen MR) is 47.1 cm³/mol. The molecule has 0 unspecified atom stereocenters. The minimum atomic E-state index is 0.553. The lowest BCUT2D eigenvalue weighted by Gasteiger charge is -1.98. The molecule has 0 radical (unpaired) electrons. The fourth-order valence-corrected chi connectivity index (χ4v) is 1.72. The molecule has 2 N–H and O–H groups in total. The van der Waals surface area contributed by atoms with E-state index in [0.29, 0.717) is 6.54 Å². The first-order valence-electron chi connectivity index (χ1n) is 3.16. The third kappa shape index (κ3) is 1.28. The lowest BCUT2D eigenvalue weighted by Crippen LogP contribution is -2.00. The van der Waals surface area contributed by atoms with Crippen molar-refractivity contribution in [2.45, 2.75) is 6.92 Å². The number of hydrogen-bond acceptors (Lipinski definition) is 2. The van der Waals surface area contributed by atoms with Gasteiger partial charge in [0.1, 0.15) is 0 Å². The van der Waals surface area contributed by atoms with Crippen molar-refractivity contribution in [3.05, 3.63) is 28.5 Å². The molecule has 0 aliphatic heterocycles. The summed E-state index contributed by atoms with van der Waals surface area (Å²) in [7, 11) is 0. The smallest absolute Gasteiger partial charge is 0.0178 e. The molecule has 1 aromatic heterocycles. The second kappa shape index (κ2) is 2.99. The normalized spacial score (nSPS) is 9.80. The van der Waals surface area contributed by atoms with Gasteiger partial charge in [0.05, 0.1) is 0 Å². The summed E-state index contributed by atoms with van der Waals surface area (Å²) in [6.07, 6.45) is 0. The van der Waals surface area contributed by atoms with E-state index in [1.54, 1.807) is 11.3 Å². The van der Waals surface area contributed by atoms with Crippen molar-refractivity contribution in [3.8, 4) is 0 Å². The lowest BCUT2D eigenvalue weighted by molar-refractivity contribution is 1.26. The molecule has 0 fully saturated rings. The van der Waals surface area contributed by atoms with Gasteiger partial charge in [-0.2, -0.15) is 11.3 Å². The molecule has 0 aliphatic rings. The zero-order valence-corrected chi connectivity index (χ0v) is 6.87. The monoisotopic (exact) mass is 153 g/mol. The highest BCUT2D eigenvalue weighted by Gasteiger charge is 2.00. The molecule has 0 amide bonds. The molecule has 1 aromatic rings. The molecule has 1 nitrogen and oxygen atoms in total. The fourth-order valence-electron chi connectivity index (χ4n) is 0.833. The van der Waals surface area contributed by atoms with Gasteiger partial charge in [-0.25, -0.2) is 0 Å². The van der Waals surface area contributed by atoms with Crippen LogP contribution >= 0.6 is 11.3 Å². The largest absolute Gasteiger partial charge is 0.326 e. The molecule has 10 heavy (non-hydrogen) atoms. The summed E-state index contributed by atoms with van der Waals surface area (Å²) in [4.78, 5) is 0. The average Bonchev–Trinajstić information content (AvgIpc) is 2.34. The zero-order valence-electron chi connectivity index (χ0n) is 6.05. The van der Waals surface area contributed by atoms with Crippen LogP contribution in [0.3, 0.4) is 0 Å². The van der Waals surface area contributed by atoms with Gasteiger partial charge in [0, 0.05) is 6.54 Å². The van der Waals surface area contributed by atoms with Gasteiger partial charge in [-0.05, 0) is 34.4 Å². The Morgan fingerprint density at radius 3 is 2.80 bits per heavy atom. The molecular formula is C8H11NS. The maximum atomic E-state index is 5.44. The van der Waals surface area contributed by atoms with Crippen LogP contribution in [-0.4, -0.2) is 6.54 Å². The lowest BCUT2D eigenvalue weighted by atomic mass is 10.1. The van der Waals surface area contributed by atoms with Crippen LogP contribution in [0.1, 0.15) is 11.1 Å². The Kier molecular flexibility index (Phi) is 2.25. The molecule has 0 saturated heterocycles. The van der Waals surface area contributed by atoms with Gasteiger partial charge in [0.15, 0.2) is 0 Å². The molecule has 1 heterocycles. The number of rotatable bonds is 2. The Balaban J connectivity index is 2.93. The van der Waals surface area contributed by atoms with E-state index in [4.69, 9.17) is 5.73 Å². The summed E-state index contributed by atoms with van der Waals surface area (Å²) < 4.78 is 0. The standard InChI is InChI=1S/C8H11NS/c1-6(3-9)8-5-10-4-7(8)2/h4-5H,1,3,9H2,2H3. The Labute approximate surface area is 65.2 Å². The minimum Gasteiger partial charge on any atom is -0.326 e. The SMILES string of the molecule is C=C(CN)c1cscc1C. The summed E-state index contributed by atoms with van der Waals surface area (Å²) >= 11 is 1.69. The number of thiophene rings is 1. The highest BCUT2D eigenvalue weighted by Crippen LogP contribution is 2.19. The van der Waals surface area contributed by atoms with Crippen LogP contribution in [0, 0.1) is 6.92 Å². The van der Waals surface area contributed by atoms with Gasteiger partial charge >= 0.3 is 0 Å². The van der Waals surface area contributed by atoms with Crippen LogP contribution in [0.5, 0.6) is 0 Å². The number of hydrogen-bond donors (Lipinski definition) is 1. The first-order valence-corrected chi connectivity index (χ1v) is 4.11. The Morgan fingerprint density at radius 1 is 1.70 bits per heavy atom. The van der Waals surface area contributed by atoms with E-state index in [-0.39, 0.29) is 0 Å². The average molecular weight is 153 g/mol. The Hall–Kier alpha value is -0.600. The van der Waals surface area contributed by atoms with Crippen molar-refractivity contribution in [1.29, 1.82) is 0 Å². The van der Waals surface area contributed by atoms with E-state index in [0.717, 1.165) is 5.57 Å². The first kappa shape index (κ1) is 7.51. The van der Waals surface area contributed by atoms with E-state index in [9.17, 15) is 0 Å². The molecular weight excluding hydrogens is 142 g/mol. The summed E-state index contributed by atoms with van der Waals surface area (Å²) in [5.41, 5.74) is 8.96. The number of aryl methyl sites for hydroxylation is 1. The van der Waals surface area contributed by atoms with Crippen molar-refractivity contribution in [2.24, 2.45) is 5.73 Å². The van der Waals surface area contributed by atoms with Crippen LogP contribution in [-0.2, 0) is 0 Å². The van der Waals surface area contributed by atoms with Gasteiger partial charge in [0.25, 0.3) is 0 Å². The Bertz CT molecular complexity index is 237. The predicted octanol–water partition coefficient (Wildman–Crippen LogP) is 2.03. The summed E-state index contributed by atoms with van der Waals surface area (Å²) in [6.45, 7) is 6.49. The zero-order chi connectivity index (χ0) is 7.56. The van der Waals surface area contributed by atoms with E-state index in [1.165, 1.54) is 11.1 Å². The molecule has 0 aromatic carbocycles. The Morgan fingerprint density at radius 2 is 2.40 bits per heavy atom. The maximum absolute atomic E-state index is 5.44. The highest BCUT2D eigenvalue weighted by molar-refractivity contribution is 7.08. The van der Waals surface area contributed by atoms with Crippen molar-refractivity contribution < 1.29 is 0 Å². The molecule has 54 valence electrons. The third-order valence-corrected chi connectivity index (χ3v) is 2.34. The maximum Gasteiger partial charge on any atom is 0.0178 e. The van der Waals surface area contributed by atoms with Gasteiger partial charge in [-0.1, -0.05) is 6.58 Å². The van der Waals surface area contributed by atoms with E-state index < -0.39 is 0 Å². The van der Waals surface area contributed by atoms with Crippen LogP contribution in [0.2, 0.25) is 0 Å². The second-order valence-corrected chi connectivity index (χ2v) is 3.02. The summed E-state index contributed by atoms with van der Waals surface area (Å²) in [5, 5.41) is 4.20. The summed E-state index contributed by atoms with van der Waals surface area (Å²) in [6, 6.07) is 0. The van der Waals surface area contributed by atoms with Crippen molar-refractivity contribution in [2.75, 3.05) is 6.54 Å². The van der Waals surface area contributed by atoms with Gasteiger partial charge in [-0.15, -0.1) is 0 Å². The molecule has 0 bridgehead atoms. The summed E-state index contributed by atoms with van der Waals surface area (Å²) in [5.74, 6) is 0. The van der Waals surface area contributed by atoms with Crippen molar-refractivity contribution >= 4 is 16.9 Å². The van der Waals surface area contributed by atoms with Crippen molar-refractivity contribution in [3.63, 3.8) is 0 Å². The van der Waals surface area contributed by atoms with Gasteiger partial charge < -0.3 is 5.73 Å². The van der Waals surface area contributed by atoms with E-state index >= 15 is 0 Å². The molecule has 0 aliphatic carbocycles. The number of nitrogens with two attached hydrogens (primary N) is 1.